The van der Waals surface area contributed by atoms with Gasteiger partial charge in [-0.2, -0.15) is 0 Å². The maximum atomic E-state index is 11.6. The normalized spacial score (nSPS) is 13.0. The van der Waals surface area contributed by atoms with Crippen molar-refractivity contribution in [3.63, 3.8) is 0 Å². The largest absolute Gasteiger partial charge is 0.369 e. The van der Waals surface area contributed by atoms with Crippen LogP contribution >= 0.6 is 11.6 Å². The van der Waals surface area contributed by atoms with Gasteiger partial charge in [0.1, 0.15) is 0 Å². The standard InChI is InChI=1S/C15H12ClN3O2/c1-19(8-9-3-2-4-17-7-9)13-6-12-10(5-11(13)16)14(20)15(21)18-12/h2-7H,8H2,1H3,(H,18,20,21). The fraction of sp³-hybridized carbons (Fsp3) is 0.133. The third-order valence-corrected chi connectivity index (χ3v) is 3.64. The molecule has 0 unspecified atom stereocenters. The van der Waals surface area contributed by atoms with Gasteiger partial charge in [-0.15, -0.1) is 0 Å². The number of nitrogens with zero attached hydrogens (tertiary/aromatic N) is 2. The molecule has 0 atom stereocenters. The lowest BCUT2D eigenvalue weighted by Gasteiger charge is -2.21. The van der Waals surface area contributed by atoms with Crippen molar-refractivity contribution in [3.8, 4) is 0 Å². The van der Waals surface area contributed by atoms with Crippen LogP contribution < -0.4 is 10.2 Å². The van der Waals surface area contributed by atoms with Gasteiger partial charge in [-0.1, -0.05) is 17.7 Å². The van der Waals surface area contributed by atoms with Crippen molar-refractivity contribution in [2.45, 2.75) is 6.54 Å². The summed E-state index contributed by atoms with van der Waals surface area (Å²) < 4.78 is 0. The van der Waals surface area contributed by atoms with Crippen LogP contribution in [0.3, 0.4) is 0 Å². The Balaban J connectivity index is 1.91. The summed E-state index contributed by atoms with van der Waals surface area (Å²) in [6.45, 7) is 0.619. The fourth-order valence-corrected chi connectivity index (χ4v) is 2.61. The second kappa shape index (κ2) is 5.18. The van der Waals surface area contributed by atoms with E-state index < -0.39 is 11.7 Å². The number of halogens is 1. The lowest BCUT2D eigenvalue weighted by atomic mass is 10.1. The molecule has 2 heterocycles. The third-order valence-electron chi connectivity index (χ3n) is 3.34. The molecule has 5 nitrogen and oxygen atoms in total. The summed E-state index contributed by atoms with van der Waals surface area (Å²) in [7, 11) is 1.89. The predicted octanol–water partition coefficient (Wildman–Crippen LogP) is 2.51. The summed E-state index contributed by atoms with van der Waals surface area (Å²) in [5.74, 6) is -1.17. The number of carbonyl (C=O) groups is 2. The van der Waals surface area contributed by atoms with Gasteiger partial charge < -0.3 is 10.2 Å². The van der Waals surface area contributed by atoms with Gasteiger partial charge >= 0.3 is 0 Å². The molecule has 6 heteroatoms. The van der Waals surface area contributed by atoms with E-state index in [4.69, 9.17) is 11.6 Å². The minimum absolute atomic E-state index is 0.323. The average molecular weight is 302 g/mol. The van der Waals surface area contributed by atoms with Gasteiger partial charge in [-0.3, -0.25) is 14.6 Å². The monoisotopic (exact) mass is 301 g/mol. The quantitative estimate of drug-likeness (QED) is 0.885. The van der Waals surface area contributed by atoms with Crippen LogP contribution in [0.1, 0.15) is 15.9 Å². The van der Waals surface area contributed by atoms with Crippen molar-refractivity contribution < 1.29 is 9.59 Å². The van der Waals surface area contributed by atoms with E-state index in [-0.39, 0.29) is 0 Å². The summed E-state index contributed by atoms with van der Waals surface area (Å²) in [5.41, 5.74) is 2.61. The topological polar surface area (TPSA) is 62.3 Å². The number of hydrogen-bond acceptors (Lipinski definition) is 4. The van der Waals surface area contributed by atoms with Crippen LogP contribution in [0.25, 0.3) is 0 Å². The van der Waals surface area contributed by atoms with Gasteiger partial charge in [0, 0.05) is 26.0 Å². The minimum Gasteiger partial charge on any atom is -0.369 e. The highest BCUT2D eigenvalue weighted by atomic mass is 35.5. The van der Waals surface area contributed by atoms with Crippen LogP contribution in [0.15, 0.2) is 36.7 Å². The van der Waals surface area contributed by atoms with E-state index >= 15 is 0 Å². The number of benzene rings is 1. The Morgan fingerprint density at radius 1 is 1.33 bits per heavy atom. The molecule has 0 saturated heterocycles. The van der Waals surface area contributed by atoms with Gasteiger partial charge in [-0.25, -0.2) is 0 Å². The lowest BCUT2D eigenvalue weighted by Crippen LogP contribution is -2.17. The number of aromatic nitrogens is 1. The van der Waals surface area contributed by atoms with Crippen LogP contribution in [0.2, 0.25) is 5.02 Å². The van der Waals surface area contributed by atoms with Crippen molar-refractivity contribution in [2.24, 2.45) is 0 Å². The number of ketones is 1. The Bertz CT molecular complexity index is 731. The van der Waals surface area contributed by atoms with Crippen LogP contribution in [0.5, 0.6) is 0 Å². The van der Waals surface area contributed by atoms with E-state index in [0.29, 0.717) is 22.8 Å². The Hall–Kier alpha value is -2.40. The highest BCUT2D eigenvalue weighted by Crippen LogP contribution is 2.35. The molecule has 0 spiro atoms. The first-order valence-electron chi connectivity index (χ1n) is 6.35. The number of rotatable bonds is 3. The first kappa shape index (κ1) is 13.6. The van der Waals surface area contributed by atoms with Gasteiger partial charge in [0.05, 0.1) is 22.0 Å². The van der Waals surface area contributed by atoms with Crippen molar-refractivity contribution in [1.29, 1.82) is 0 Å². The molecule has 0 bridgehead atoms. The second-order valence-corrected chi connectivity index (χ2v) is 5.26. The molecule has 106 valence electrons. The predicted molar refractivity (Wildman–Crippen MR) is 80.8 cm³/mol. The zero-order chi connectivity index (χ0) is 15.0. The molecule has 1 aromatic heterocycles. The number of pyridine rings is 1. The maximum absolute atomic E-state index is 11.6. The van der Waals surface area contributed by atoms with Crippen LogP contribution in [0, 0.1) is 0 Å². The zero-order valence-electron chi connectivity index (χ0n) is 11.3. The number of amides is 1. The molecule has 0 radical (unpaired) electrons. The van der Waals surface area contributed by atoms with E-state index in [1.807, 2.05) is 24.1 Å². The average Bonchev–Trinajstić information content (AvgIpc) is 2.74. The van der Waals surface area contributed by atoms with Crippen molar-refractivity contribution in [1.82, 2.24) is 4.98 Å². The van der Waals surface area contributed by atoms with E-state index in [9.17, 15) is 9.59 Å². The van der Waals surface area contributed by atoms with Crippen molar-refractivity contribution in [3.05, 3.63) is 52.8 Å². The summed E-state index contributed by atoms with van der Waals surface area (Å²) in [4.78, 5) is 29.0. The molecular weight excluding hydrogens is 290 g/mol. The van der Waals surface area contributed by atoms with Crippen LogP contribution in [-0.2, 0) is 11.3 Å². The summed E-state index contributed by atoms with van der Waals surface area (Å²) in [6, 6.07) is 7.09. The first-order chi connectivity index (χ1) is 10.1. The lowest BCUT2D eigenvalue weighted by molar-refractivity contribution is -0.112. The fourth-order valence-electron chi connectivity index (χ4n) is 2.30. The zero-order valence-corrected chi connectivity index (χ0v) is 12.0. The molecule has 1 N–H and O–H groups in total. The van der Waals surface area contributed by atoms with Gasteiger partial charge in [0.25, 0.3) is 11.7 Å². The molecule has 2 aromatic rings. The Labute approximate surface area is 126 Å². The Morgan fingerprint density at radius 3 is 2.86 bits per heavy atom. The SMILES string of the molecule is CN(Cc1cccnc1)c1cc2c(cc1Cl)C(=O)C(=O)N2. The summed E-state index contributed by atoms with van der Waals surface area (Å²) in [6.07, 6.45) is 3.50. The highest BCUT2D eigenvalue weighted by molar-refractivity contribution is 6.52. The molecule has 21 heavy (non-hydrogen) atoms. The molecule has 1 aliphatic rings. The first-order valence-corrected chi connectivity index (χ1v) is 6.73. The number of nitrogens with one attached hydrogen (secondary N) is 1. The molecule has 0 fully saturated rings. The molecule has 1 aliphatic heterocycles. The van der Waals surface area contributed by atoms with Crippen LogP contribution in [0.4, 0.5) is 11.4 Å². The maximum Gasteiger partial charge on any atom is 0.296 e. The number of fused-ring (bicyclic) bond motifs is 1. The molecule has 1 aromatic carbocycles. The number of anilines is 2. The van der Waals surface area contributed by atoms with Gasteiger partial charge in [-0.05, 0) is 23.8 Å². The molecular formula is C15H12ClN3O2. The number of carbonyl (C=O) groups excluding carboxylic acids is 2. The second-order valence-electron chi connectivity index (χ2n) is 4.85. The van der Waals surface area contributed by atoms with Crippen molar-refractivity contribution >= 4 is 34.7 Å². The third kappa shape index (κ3) is 2.48. The van der Waals surface area contributed by atoms with E-state index in [1.54, 1.807) is 18.5 Å². The molecule has 0 saturated carbocycles. The Kier molecular flexibility index (Phi) is 3.35. The van der Waals surface area contributed by atoms with Gasteiger partial charge in [0.2, 0.25) is 0 Å². The molecule has 0 aliphatic carbocycles. The van der Waals surface area contributed by atoms with Crippen LogP contribution in [-0.4, -0.2) is 23.7 Å². The highest BCUT2D eigenvalue weighted by Gasteiger charge is 2.29. The molecule has 3 rings (SSSR count). The van der Waals surface area contributed by atoms with E-state index in [0.717, 1.165) is 11.3 Å². The summed E-state index contributed by atoms with van der Waals surface area (Å²) in [5, 5.41) is 2.98. The molecule has 1 amide bonds. The van der Waals surface area contributed by atoms with E-state index in [1.165, 1.54) is 6.07 Å². The number of hydrogen-bond donors (Lipinski definition) is 1. The van der Waals surface area contributed by atoms with E-state index in [2.05, 4.69) is 10.3 Å². The van der Waals surface area contributed by atoms with Gasteiger partial charge in [0.15, 0.2) is 0 Å². The smallest absolute Gasteiger partial charge is 0.296 e. The summed E-state index contributed by atoms with van der Waals surface area (Å²) >= 11 is 6.23. The van der Waals surface area contributed by atoms with Crippen molar-refractivity contribution in [2.75, 3.05) is 17.3 Å². The minimum atomic E-state index is -0.617. The number of Topliss-reactive ketones (excluding diaryl/α,β-unsaturated/α-hetero) is 1. The Morgan fingerprint density at radius 2 is 2.14 bits per heavy atom.